The number of aromatic nitrogens is 2. The van der Waals surface area contributed by atoms with Crippen molar-refractivity contribution in [3.8, 4) is 17.0 Å². The third kappa shape index (κ3) is 4.35. The number of rotatable bonds is 6. The second kappa shape index (κ2) is 9.19. The van der Waals surface area contributed by atoms with Crippen molar-refractivity contribution in [1.29, 1.82) is 0 Å². The number of amides is 2. The zero-order valence-electron chi connectivity index (χ0n) is 20.6. The number of nitrogens with zero attached hydrogens (tertiary/aromatic N) is 1. The van der Waals surface area contributed by atoms with Crippen LogP contribution in [-0.4, -0.2) is 46.2 Å². The fourth-order valence-electron chi connectivity index (χ4n) is 4.34. The number of fused-ring (bicyclic) bond motifs is 2. The van der Waals surface area contributed by atoms with E-state index in [1.165, 1.54) is 37.3 Å². The molecule has 2 atom stereocenters. The number of nitrogens with two attached hydrogens (primary N) is 1. The quantitative estimate of drug-likeness (QED) is 0.264. The van der Waals surface area contributed by atoms with E-state index in [0.29, 0.717) is 0 Å². The minimum absolute atomic E-state index is 0.0485. The Bertz CT molecular complexity index is 1720. The molecule has 2 aromatic carbocycles. The van der Waals surface area contributed by atoms with Gasteiger partial charge in [0.15, 0.2) is 5.58 Å². The van der Waals surface area contributed by atoms with Crippen LogP contribution in [0.1, 0.15) is 28.5 Å². The number of alkyl halides is 3. The second-order valence-electron chi connectivity index (χ2n) is 9.49. The number of hydrogen-bond acceptors (Lipinski definition) is 7. The number of H-pyrrole nitrogens is 1. The van der Waals surface area contributed by atoms with Gasteiger partial charge in [-0.25, -0.2) is 14.2 Å². The number of benzene rings is 2. The van der Waals surface area contributed by atoms with Crippen LogP contribution < -0.4 is 21.5 Å². The third-order valence-corrected chi connectivity index (χ3v) is 6.81. The molecule has 208 valence electrons. The molecule has 1 unspecified atom stereocenters. The maximum Gasteiger partial charge on any atom is 0.424 e. The van der Waals surface area contributed by atoms with E-state index in [2.05, 4.69) is 9.97 Å². The van der Waals surface area contributed by atoms with Crippen molar-refractivity contribution >= 4 is 22.9 Å². The lowest BCUT2D eigenvalue weighted by atomic mass is 9.81. The molecule has 0 spiro atoms. The van der Waals surface area contributed by atoms with Gasteiger partial charge in [-0.05, 0) is 55.5 Å². The molecule has 40 heavy (non-hydrogen) atoms. The number of aliphatic hydroxyl groups is 1. The van der Waals surface area contributed by atoms with E-state index in [4.69, 9.17) is 14.9 Å². The molecule has 0 fully saturated rings. The number of carbonyl (C=O) groups excluding carboxylic acids is 2. The van der Waals surface area contributed by atoms with Gasteiger partial charge in [0.05, 0.1) is 17.8 Å². The van der Waals surface area contributed by atoms with Crippen molar-refractivity contribution < 1.29 is 41.4 Å². The van der Waals surface area contributed by atoms with Gasteiger partial charge in [0.1, 0.15) is 29.3 Å². The van der Waals surface area contributed by atoms with Crippen LogP contribution in [-0.2, 0) is 15.8 Å². The summed E-state index contributed by atoms with van der Waals surface area (Å²) in [6.45, 7) is -0.320. The number of halogens is 4. The lowest BCUT2D eigenvalue weighted by Gasteiger charge is -2.31. The number of oxazole rings is 1. The van der Waals surface area contributed by atoms with Gasteiger partial charge >= 0.3 is 11.9 Å². The normalized spacial score (nSPS) is 18.1. The summed E-state index contributed by atoms with van der Waals surface area (Å²) in [4.78, 5) is 42.8. The minimum Gasteiger partial charge on any atom is -0.489 e. The molecule has 5 rings (SSSR count). The van der Waals surface area contributed by atoms with Gasteiger partial charge in [-0.3, -0.25) is 14.6 Å². The first kappa shape index (κ1) is 26.9. The van der Waals surface area contributed by atoms with Gasteiger partial charge in [0, 0.05) is 16.7 Å². The molecule has 10 nitrogen and oxygen atoms in total. The predicted octanol–water partition coefficient (Wildman–Crippen LogP) is 2.64. The molecule has 0 bridgehead atoms. The second-order valence-corrected chi connectivity index (χ2v) is 9.49. The molecular formula is C26H20F4N4O6. The highest BCUT2D eigenvalue weighted by molar-refractivity contribution is 5.97. The topological polar surface area (TPSA) is 161 Å². The molecule has 3 heterocycles. The number of carbonyl (C=O) groups is 2. The summed E-state index contributed by atoms with van der Waals surface area (Å²) in [5.74, 6) is -3.35. The summed E-state index contributed by atoms with van der Waals surface area (Å²) in [5.41, 5.74) is -0.706. The van der Waals surface area contributed by atoms with Gasteiger partial charge in [-0.1, -0.05) is 0 Å². The largest absolute Gasteiger partial charge is 0.489 e. The zero-order valence-corrected chi connectivity index (χ0v) is 20.6. The Morgan fingerprint density at radius 3 is 2.52 bits per heavy atom. The average molecular weight is 560 g/mol. The van der Waals surface area contributed by atoms with Crippen LogP contribution in [0.3, 0.4) is 0 Å². The van der Waals surface area contributed by atoms with Crippen LogP contribution in [0.25, 0.3) is 22.4 Å². The van der Waals surface area contributed by atoms with Gasteiger partial charge in [0.2, 0.25) is 11.5 Å². The lowest BCUT2D eigenvalue weighted by molar-refractivity contribution is -0.265. The summed E-state index contributed by atoms with van der Waals surface area (Å²) in [7, 11) is 0. The molecule has 0 radical (unpaired) electrons. The van der Waals surface area contributed by atoms with Gasteiger partial charge in [0.25, 0.3) is 5.91 Å². The molecular weight excluding hydrogens is 540 g/mol. The van der Waals surface area contributed by atoms with Crippen molar-refractivity contribution in [3.05, 3.63) is 81.7 Å². The first-order valence-corrected chi connectivity index (χ1v) is 11.7. The number of primary amides is 1. The maximum absolute atomic E-state index is 14.5. The zero-order chi connectivity index (χ0) is 29.0. The van der Waals surface area contributed by atoms with Crippen molar-refractivity contribution in [2.45, 2.75) is 24.1 Å². The molecule has 4 aromatic rings. The van der Waals surface area contributed by atoms with E-state index in [9.17, 15) is 37.1 Å². The summed E-state index contributed by atoms with van der Waals surface area (Å²) in [6.07, 6.45) is -5.37. The SMILES string of the molecule is C[C@]1(C(N)=O)COc2c1cc(C(O)(CNC(=O)c1ccc3oc(=O)[nH]c3c1)C(F)(F)F)nc2-c1ccc(F)cc1. The number of nitrogens with one attached hydrogen (secondary N) is 2. The fourth-order valence-corrected chi connectivity index (χ4v) is 4.34. The van der Waals surface area contributed by atoms with Crippen LogP contribution in [0.4, 0.5) is 17.6 Å². The van der Waals surface area contributed by atoms with E-state index < -0.39 is 52.8 Å². The summed E-state index contributed by atoms with van der Waals surface area (Å²) >= 11 is 0. The van der Waals surface area contributed by atoms with Crippen LogP contribution in [0.15, 0.2) is 57.7 Å². The first-order chi connectivity index (χ1) is 18.7. The maximum atomic E-state index is 14.5. The molecule has 1 aliphatic heterocycles. The number of ether oxygens (including phenoxy) is 1. The van der Waals surface area contributed by atoms with Crippen molar-refractivity contribution in [1.82, 2.24) is 15.3 Å². The lowest BCUT2D eigenvalue weighted by Crippen LogP contribution is -2.51. The Morgan fingerprint density at radius 1 is 1.18 bits per heavy atom. The predicted molar refractivity (Wildman–Crippen MR) is 131 cm³/mol. The summed E-state index contributed by atoms with van der Waals surface area (Å²) < 4.78 is 67.5. The molecule has 2 aromatic heterocycles. The van der Waals surface area contributed by atoms with Crippen LogP contribution in [0, 0.1) is 5.82 Å². The Balaban J connectivity index is 1.59. The van der Waals surface area contributed by atoms with E-state index in [1.54, 1.807) is 0 Å². The van der Waals surface area contributed by atoms with E-state index in [0.717, 1.165) is 18.2 Å². The van der Waals surface area contributed by atoms with E-state index in [-0.39, 0.29) is 45.8 Å². The number of hydrogen-bond donors (Lipinski definition) is 4. The van der Waals surface area contributed by atoms with Crippen molar-refractivity contribution in [3.63, 3.8) is 0 Å². The summed E-state index contributed by atoms with van der Waals surface area (Å²) in [6, 6.07) is 9.15. The first-order valence-electron chi connectivity index (χ1n) is 11.7. The smallest absolute Gasteiger partial charge is 0.424 e. The van der Waals surface area contributed by atoms with E-state index in [1.807, 2.05) is 5.32 Å². The molecule has 2 amide bonds. The number of pyridine rings is 1. The minimum atomic E-state index is -5.37. The van der Waals surface area contributed by atoms with Gasteiger partial charge < -0.3 is 25.3 Å². The Morgan fingerprint density at radius 2 is 1.88 bits per heavy atom. The molecule has 0 saturated carbocycles. The standard InChI is InChI=1S/C26H20F4N4O6/c1-24(22(31)36)11-39-20-15(24)9-18(34-19(20)12-2-5-14(27)6-3-12)25(38,26(28,29)30)10-32-21(35)13-4-7-17-16(8-13)33-23(37)40-17/h2-9,38H,10-11H2,1H3,(H2,31,36)(H,32,35)(H,33,37)/t24-,25?/m0/s1. The Kier molecular flexibility index (Phi) is 6.17. The molecule has 5 N–H and O–H groups in total. The van der Waals surface area contributed by atoms with Crippen molar-refractivity contribution in [2.24, 2.45) is 5.73 Å². The number of aromatic amines is 1. The van der Waals surface area contributed by atoms with Gasteiger partial charge in [-0.2, -0.15) is 13.2 Å². The molecule has 0 aliphatic carbocycles. The van der Waals surface area contributed by atoms with Crippen molar-refractivity contribution in [2.75, 3.05) is 13.2 Å². The summed E-state index contributed by atoms with van der Waals surface area (Å²) in [5, 5.41) is 13.1. The highest BCUT2D eigenvalue weighted by atomic mass is 19.4. The van der Waals surface area contributed by atoms with Gasteiger partial charge in [-0.15, -0.1) is 0 Å². The van der Waals surface area contributed by atoms with Crippen LogP contribution in [0.5, 0.6) is 5.75 Å². The average Bonchev–Trinajstić information content (AvgIpc) is 3.45. The Labute approximate surface area is 221 Å². The highest BCUT2D eigenvalue weighted by Crippen LogP contribution is 2.47. The molecule has 14 heteroatoms. The van der Waals surface area contributed by atoms with Crippen LogP contribution in [0.2, 0.25) is 0 Å². The fraction of sp³-hybridized carbons (Fsp3) is 0.231. The molecule has 1 aliphatic rings. The highest BCUT2D eigenvalue weighted by Gasteiger charge is 2.57. The molecule has 0 saturated heterocycles. The van der Waals surface area contributed by atoms with E-state index >= 15 is 0 Å². The monoisotopic (exact) mass is 560 g/mol. The third-order valence-electron chi connectivity index (χ3n) is 6.81. The van der Waals surface area contributed by atoms with Crippen LogP contribution >= 0.6 is 0 Å². The Hall–Kier alpha value is -4.72.